The van der Waals surface area contributed by atoms with Crippen LogP contribution in [0, 0.1) is 11.3 Å². The van der Waals surface area contributed by atoms with Crippen LogP contribution in [0.2, 0.25) is 0 Å². The smallest absolute Gasteiger partial charge is 0.117 e. The van der Waals surface area contributed by atoms with Gasteiger partial charge in [0.05, 0.1) is 16.8 Å². The first kappa shape index (κ1) is 12.4. The summed E-state index contributed by atoms with van der Waals surface area (Å²) in [6.45, 7) is 4.11. The summed E-state index contributed by atoms with van der Waals surface area (Å²) >= 11 is 1.60. The summed E-state index contributed by atoms with van der Waals surface area (Å²) in [4.78, 5) is 4.31. The Balaban J connectivity index is 2.25. The Morgan fingerprint density at radius 2 is 2.22 bits per heavy atom. The number of nitrogen functional groups attached to an aromatic ring is 1. The fraction of sp³-hybridized carbons (Fsp3) is 0.231. The maximum absolute atomic E-state index is 8.83. The SMILES string of the molecule is CC(C)(Nc1ccc(C#N)c(N)c1)c1nccs1. The predicted molar refractivity (Wildman–Crippen MR) is 74.3 cm³/mol. The lowest BCUT2D eigenvalue weighted by Gasteiger charge is -2.25. The van der Waals surface area contributed by atoms with Crippen LogP contribution in [0.25, 0.3) is 0 Å². The largest absolute Gasteiger partial charge is 0.398 e. The van der Waals surface area contributed by atoms with Gasteiger partial charge in [0.2, 0.25) is 0 Å². The Bertz CT molecular complexity index is 582. The quantitative estimate of drug-likeness (QED) is 0.830. The van der Waals surface area contributed by atoms with Gasteiger partial charge < -0.3 is 11.1 Å². The van der Waals surface area contributed by atoms with E-state index in [1.165, 1.54) is 0 Å². The van der Waals surface area contributed by atoms with Crippen LogP contribution in [0.1, 0.15) is 24.4 Å². The van der Waals surface area contributed by atoms with Crippen molar-refractivity contribution in [2.24, 2.45) is 0 Å². The number of nitrogens with one attached hydrogen (secondary N) is 1. The van der Waals surface area contributed by atoms with Gasteiger partial charge in [-0.1, -0.05) is 0 Å². The lowest BCUT2D eigenvalue weighted by atomic mass is 10.1. The number of hydrogen-bond donors (Lipinski definition) is 2. The molecule has 0 aliphatic carbocycles. The first-order valence-corrected chi connectivity index (χ1v) is 6.38. The average molecular weight is 258 g/mol. The summed E-state index contributed by atoms with van der Waals surface area (Å²) in [7, 11) is 0. The Morgan fingerprint density at radius 3 is 2.78 bits per heavy atom. The van der Waals surface area contributed by atoms with E-state index in [4.69, 9.17) is 11.0 Å². The number of rotatable bonds is 3. The van der Waals surface area contributed by atoms with E-state index in [9.17, 15) is 0 Å². The second kappa shape index (κ2) is 4.67. The molecule has 1 aromatic carbocycles. The second-order valence-electron chi connectivity index (χ2n) is 4.50. The minimum absolute atomic E-state index is 0.269. The van der Waals surface area contributed by atoms with E-state index in [-0.39, 0.29) is 5.54 Å². The second-order valence-corrected chi connectivity index (χ2v) is 5.40. The number of thiazole rings is 1. The third-order valence-corrected chi connectivity index (χ3v) is 3.69. The van der Waals surface area contributed by atoms with Crippen LogP contribution in [0.15, 0.2) is 29.8 Å². The van der Waals surface area contributed by atoms with Crippen LogP contribution in [0.3, 0.4) is 0 Å². The molecule has 0 aliphatic rings. The summed E-state index contributed by atoms with van der Waals surface area (Å²) in [6, 6.07) is 7.39. The molecule has 5 heteroatoms. The van der Waals surface area contributed by atoms with E-state index in [1.807, 2.05) is 17.5 Å². The van der Waals surface area contributed by atoms with Gasteiger partial charge in [-0.05, 0) is 32.0 Å². The minimum Gasteiger partial charge on any atom is -0.398 e. The van der Waals surface area contributed by atoms with Crippen molar-refractivity contribution in [1.29, 1.82) is 5.26 Å². The molecule has 18 heavy (non-hydrogen) atoms. The minimum atomic E-state index is -0.269. The van der Waals surface area contributed by atoms with E-state index in [1.54, 1.807) is 29.7 Å². The molecule has 1 aromatic heterocycles. The van der Waals surface area contributed by atoms with Crippen LogP contribution in [-0.4, -0.2) is 4.98 Å². The van der Waals surface area contributed by atoms with Gasteiger partial charge in [-0.15, -0.1) is 11.3 Å². The van der Waals surface area contributed by atoms with Gasteiger partial charge >= 0.3 is 0 Å². The molecule has 0 fully saturated rings. The maximum Gasteiger partial charge on any atom is 0.117 e. The number of hydrogen-bond acceptors (Lipinski definition) is 5. The summed E-state index contributed by atoms with van der Waals surface area (Å²) in [5, 5.41) is 15.2. The van der Waals surface area contributed by atoms with Gasteiger partial charge in [0.25, 0.3) is 0 Å². The third-order valence-electron chi connectivity index (χ3n) is 2.60. The molecule has 0 bridgehead atoms. The van der Waals surface area contributed by atoms with Crippen molar-refractivity contribution in [2.75, 3.05) is 11.1 Å². The van der Waals surface area contributed by atoms with Crippen molar-refractivity contribution < 1.29 is 0 Å². The normalized spacial score (nSPS) is 10.9. The number of benzene rings is 1. The van der Waals surface area contributed by atoms with Crippen molar-refractivity contribution in [3.8, 4) is 6.07 Å². The molecule has 0 amide bonds. The number of aromatic nitrogens is 1. The van der Waals surface area contributed by atoms with Gasteiger partial charge in [0.15, 0.2) is 0 Å². The molecule has 0 saturated carbocycles. The van der Waals surface area contributed by atoms with Gasteiger partial charge in [-0.25, -0.2) is 4.98 Å². The van der Waals surface area contributed by atoms with E-state index in [2.05, 4.69) is 24.1 Å². The average Bonchev–Trinajstić information content (AvgIpc) is 2.82. The maximum atomic E-state index is 8.83. The fourth-order valence-electron chi connectivity index (χ4n) is 1.69. The van der Waals surface area contributed by atoms with Gasteiger partial charge in [0, 0.05) is 17.3 Å². The van der Waals surface area contributed by atoms with Crippen molar-refractivity contribution in [3.05, 3.63) is 40.3 Å². The van der Waals surface area contributed by atoms with Crippen LogP contribution < -0.4 is 11.1 Å². The van der Waals surface area contributed by atoms with Crippen molar-refractivity contribution in [2.45, 2.75) is 19.4 Å². The predicted octanol–water partition coefficient (Wildman–Crippen LogP) is 2.94. The Hall–Kier alpha value is -2.06. The third kappa shape index (κ3) is 2.44. The molecule has 3 N–H and O–H groups in total. The number of anilines is 2. The molecular weight excluding hydrogens is 244 g/mol. The molecule has 0 spiro atoms. The molecular formula is C13H14N4S. The Labute approximate surface area is 110 Å². The number of nitrogens with two attached hydrogens (primary N) is 1. The zero-order chi connectivity index (χ0) is 13.2. The zero-order valence-corrected chi connectivity index (χ0v) is 11.1. The number of nitriles is 1. The van der Waals surface area contributed by atoms with Crippen molar-refractivity contribution in [3.63, 3.8) is 0 Å². The summed E-state index contributed by atoms with van der Waals surface area (Å²) in [5.74, 6) is 0. The van der Waals surface area contributed by atoms with E-state index < -0.39 is 0 Å². The van der Waals surface area contributed by atoms with Crippen molar-refractivity contribution in [1.82, 2.24) is 4.98 Å². The Kier molecular flexibility index (Phi) is 3.21. The molecule has 2 rings (SSSR count). The molecule has 0 unspecified atom stereocenters. The Morgan fingerprint density at radius 1 is 1.44 bits per heavy atom. The summed E-state index contributed by atoms with van der Waals surface area (Å²) in [5.41, 5.74) is 7.38. The zero-order valence-electron chi connectivity index (χ0n) is 10.3. The highest BCUT2D eigenvalue weighted by Crippen LogP contribution is 2.28. The molecule has 0 saturated heterocycles. The molecule has 0 radical (unpaired) electrons. The van der Waals surface area contributed by atoms with Crippen LogP contribution >= 0.6 is 11.3 Å². The first-order valence-electron chi connectivity index (χ1n) is 5.51. The van der Waals surface area contributed by atoms with Gasteiger partial charge in [-0.2, -0.15) is 5.26 Å². The fourth-order valence-corrected chi connectivity index (χ4v) is 2.41. The number of nitrogens with zero attached hydrogens (tertiary/aromatic N) is 2. The lowest BCUT2D eigenvalue weighted by Crippen LogP contribution is -2.27. The van der Waals surface area contributed by atoms with Gasteiger partial charge in [-0.3, -0.25) is 0 Å². The van der Waals surface area contributed by atoms with Crippen LogP contribution in [0.4, 0.5) is 11.4 Å². The highest BCUT2D eigenvalue weighted by atomic mass is 32.1. The summed E-state index contributed by atoms with van der Waals surface area (Å²) in [6.07, 6.45) is 1.79. The topological polar surface area (TPSA) is 74.7 Å². The highest BCUT2D eigenvalue weighted by Gasteiger charge is 2.23. The molecule has 92 valence electrons. The van der Waals surface area contributed by atoms with Gasteiger partial charge in [0.1, 0.15) is 11.1 Å². The monoisotopic (exact) mass is 258 g/mol. The van der Waals surface area contributed by atoms with E-state index >= 15 is 0 Å². The van der Waals surface area contributed by atoms with Crippen LogP contribution in [0.5, 0.6) is 0 Å². The standard InChI is InChI=1S/C13H14N4S/c1-13(2,12-16-5-6-18-12)17-10-4-3-9(8-14)11(15)7-10/h3-7,17H,15H2,1-2H3. The van der Waals surface area contributed by atoms with Crippen LogP contribution in [-0.2, 0) is 5.54 Å². The lowest BCUT2D eigenvalue weighted by molar-refractivity contribution is 0.604. The first-order chi connectivity index (χ1) is 8.53. The molecule has 2 aromatic rings. The van der Waals surface area contributed by atoms with E-state index in [0.717, 1.165) is 10.7 Å². The molecule has 1 heterocycles. The summed E-state index contributed by atoms with van der Waals surface area (Å²) < 4.78 is 0. The highest BCUT2D eigenvalue weighted by molar-refractivity contribution is 7.09. The molecule has 0 atom stereocenters. The van der Waals surface area contributed by atoms with E-state index in [0.29, 0.717) is 11.3 Å². The van der Waals surface area contributed by atoms with Crippen molar-refractivity contribution >= 4 is 22.7 Å². The molecule has 4 nitrogen and oxygen atoms in total. The molecule has 0 aliphatic heterocycles.